The lowest BCUT2D eigenvalue weighted by molar-refractivity contribution is -0.153. The van der Waals surface area contributed by atoms with Gasteiger partial charge in [0.15, 0.2) is 6.10 Å². The largest absolute Gasteiger partial charge is 0.452 e. The van der Waals surface area contributed by atoms with Crippen molar-refractivity contribution in [3.63, 3.8) is 0 Å². The van der Waals surface area contributed by atoms with E-state index in [2.05, 4.69) is 10.0 Å². The van der Waals surface area contributed by atoms with E-state index in [0.29, 0.717) is 6.54 Å². The van der Waals surface area contributed by atoms with Gasteiger partial charge in [-0.2, -0.15) is 4.72 Å². The molecule has 2 N–H and O–H groups in total. The molecule has 0 radical (unpaired) electrons. The number of carbonyl (C=O) groups excluding carboxylic acids is 2. The summed E-state index contributed by atoms with van der Waals surface area (Å²) in [6.45, 7) is 3.08. The van der Waals surface area contributed by atoms with Gasteiger partial charge in [0.1, 0.15) is 6.54 Å². The summed E-state index contributed by atoms with van der Waals surface area (Å²) in [5.41, 5.74) is 2.22. The summed E-state index contributed by atoms with van der Waals surface area (Å²) in [6, 6.07) is 5.05. The van der Waals surface area contributed by atoms with Crippen molar-refractivity contribution in [1.82, 2.24) is 10.0 Å². The number of rotatable bonds is 7. The van der Waals surface area contributed by atoms with E-state index in [-0.39, 0.29) is 4.90 Å². The second-order valence-corrected chi connectivity index (χ2v) is 7.76. The molecule has 0 bridgehead atoms. The zero-order valence-corrected chi connectivity index (χ0v) is 15.3. The molecule has 1 aromatic rings. The molecule has 1 atom stereocenters. The molecular weight excluding hydrogens is 344 g/mol. The van der Waals surface area contributed by atoms with Crippen LogP contribution in [0.4, 0.5) is 0 Å². The first kappa shape index (κ1) is 19.4. The van der Waals surface area contributed by atoms with Gasteiger partial charge in [-0.1, -0.05) is 6.07 Å². The van der Waals surface area contributed by atoms with Crippen LogP contribution in [0.5, 0.6) is 0 Å². The van der Waals surface area contributed by atoms with Crippen LogP contribution in [0.3, 0.4) is 0 Å². The minimum absolute atomic E-state index is 0.137. The number of amides is 1. The van der Waals surface area contributed by atoms with Crippen LogP contribution in [0.15, 0.2) is 23.1 Å². The molecular formula is C17H24N2O5S. The van der Waals surface area contributed by atoms with Crippen molar-refractivity contribution in [3.05, 3.63) is 29.3 Å². The second-order valence-electron chi connectivity index (χ2n) is 5.99. The number of nitrogens with one attached hydrogen (secondary N) is 2. The van der Waals surface area contributed by atoms with Crippen LogP contribution in [0, 0.1) is 0 Å². The van der Waals surface area contributed by atoms with Crippen molar-refractivity contribution in [2.24, 2.45) is 0 Å². The van der Waals surface area contributed by atoms with Gasteiger partial charge in [-0.15, -0.1) is 0 Å². The highest BCUT2D eigenvalue weighted by atomic mass is 32.2. The van der Waals surface area contributed by atoms with Gasteiger partial charge in [0.05, 0.1) is 4.90 Å². The molecule has 0 saturated heterocycles. The minimum Gasteiger partial charge on any atom is -0.452 e. The van der Waals surface area contributed by atoms with Gasteiger partial charge < -0.3 is 10.1 Å². The van der Waals surface area contributed by atoms with Gasteiger partial charge in [0.2, 0.25) is 10.0 Å². The van der Waals surface area contributed by atoms with Crippen molar-refractivity contribution in [2.75, 3.05) is 13.1 Å². The number of hydrogen-bond acceptors (Lipinski definition) is 5. The smallest absolute Gasteiger partial charge is 0.321 e. The molecule has 7 nitrogen and oxygen atoms in total. The zero-order chi connectivity index (χ0) is 18.4. The van der Waals surface area contributed by atoms with Gasteiger partial charge in [-0.05, 0) is 62.8 Å². The van der Waals surface area contributed by atoms with Crippen molar-refractivity contribution < 1.29 is 22.7 Å². The first-order chi connectivity index (χ1) is 11.8. The highest BCUT2D eigenvalue weighted by molar-refractivity contribution is 7.89. The topological polar surface area (TPSA) is 102 Å². The van der Waals surface area contributed by atoms with Gasteiger partial charge >= 0.3 is 5.97 Å². The van der Waals surface area contributed by atoms with E-state index in [9.17, 15) is 18.0 Å². The molecule has 1 aliphatic rings. The Kier molecular flexibility index (Phi) is 6.55. The van der Waals surface area contributed by atoms with Crippen LogP contribution in [0.2, 0.25) is 0 Å². The van der Waals surface area contributed by atoms with Crippen molar-refractivity contribution in [2.45, 2.75) is 50.5 Å². The van der Waals surface area contributed by atoms with Gasteiger partial charge in [-0.3, -0.25) is 9.59 Å². The molecule has 2 rings (SSSR count). The maximum absolute atomic E-state index is 12.3. The molecule has 138 valence electrons. The van der Waals surface area contributed by atoms with E-state index in [1.165, 1.54) is 12.5 Å². The average Bonchev–Trinajstić information content (AvgIpc) is 2.59. The molecule has 8 heteroatoms. The number of aryl methyl sites for hydroxylation is 2. The van der Waals surface area contributed by atoms with Crippen LogP contribution >= 0.6 is 0 Å². The molecule has 0 spiro atoms. The van der Waals surface area contributed by atoms with Crippen molar-refractivity contribution >= 4 is 21.9 Å². The van der Waals surface area contributed by atoms with Crippen LogP contribution < -0.4 is 10.0 Å². The second kappa shape index (κ2) is 8.44. The summed E-state index contributed by atoms with van der Waals surface area (Å²) in [4.78, 5) is 23.4. The fraction of sp³-hybridized carbons (Fsp3) is 0.529. The van der Waals surface area contributed by atoms with Crippen LogP contribution in [-0.4, -0.2) is 39.5 Å². The highest BCUT2D eigenvalue weighted by Gasteiger charge is 2.21. The lowest BCUT2D eigenvalue weighted by Gasteiger charge is -2.17. The Balaban J connectivity index is 1.95. The zero-order valence-electron chi connectivity index (χ0n) is 14.5. The number of likely N-dealkylation sites (N-methyl/N-ethyl adjacent to an activating group) is 1. The van der Waals surface area contributed by atoms with E-state index < -0.39 is 34.5 Å². The SMILES string of the molecule is CCNC(=O)[C@H](C)OC(=O)CNS(=O)(=O)c1ccc2c(c1)CCCC2. The lowest BCUT2D eigenvalue weighted by atomic mass is 9.92. The number of hydrogen-bond donors (Lipinski definition) is 2. The normalized spacial score (nSPS) is 15.1. The number of sulfonamides is 1. The lowest BCUT2D eigenvalue weighted by Crippen LogP contribution is -2.38. The molecule has 0 aliphatic heterocycles. The Morgan fingerprint density at radius 2 is 1.88 bits per heavy atom. The number of benzene rings is 1. The number of fused-ring (bicyclic) bond motifs is 1. The molecule has 0 saturated carbocycles. The Morgan fingerprint density at radius 3 is 2.56 bits per heavy atom. The Morgan fingerprint density at radius 1 is 1.20 bits per heavy atom. The number of esters is 1. The Hall–Kier alpha value is -1.93. The van der Waals surface area contributed by atoms with Crippen molar-refractivity contribution in [1.29, 1.82) is 0 Å². The third-order valence-electron chi connectivity index (χ3n) is 4.07. The summed E-state index contributed by atoms with van der Waals surface area (Å²) in [7, 11) is -3.81. The standard InChI is InChI=1S/C17H24N2O5S/c1-3-18-17(21)12(2)24-16(20)11-19-25(22,23)15-9-8-13-6-4-5-7-14(13)10-15/h8-10,12,19H,3-7,11H2,1-2H3,(H,18,21)/t12-/m0/s1. The van der Waals surface area contributed by atoms with E-state index in [1.807, 2.05) is 6.07 Å². The van der Waals surface area contributed by atoms with E-state index >= 15 is 0 Å². The molecule has 1 aliphatic carbocycles. The number of ether oxygens (including phenoxy) is 1. The maximum atomic E-state index is 12.3. The minimum atomic E-state index is -3.81. The average molecular weight is 368 g/mol. The summed E-state index contributed by atoms with van der Waals surface area (Å²) in [5, 5.41) is 2.52. The predicted octanol–water partition coefficient (Wildman–Crippen LogP) is 0.911. The fourth-order valence-corrected chi connectivity index (χ4v) is 3.74. The van der Waals surface area contributed by atoms with Crippen molar-refractivity contribution in [3.8, 4) is 0 Å². The summed E-state index contributed by atoms with van der Waals surface area (Å²) in [6.07, 6.45) is 3.03. The predicted molar refractivity (Wildman–Crippen MR) is 92.5 cm³/mol. The first-order valence-electron chi connectivity index (χ1n) is 8.42. The Labute approximate surface area is 148 Å². The molecule has 0 fully saturated rings. The third kappa shape index (κ3) is 5.27. The van der Waals surface area contributed by atoms with Gasteiger partial charge in [0, 0.05) is 6.54 Å². The van der Waals surface area contributed by atoms with Crippen LogP contribution in [-0.2, 0) is 37.2 Å². The molecule has 25 heavy (non-hydrogen) atoms. The molecule has 0 heterocycles. The van der Waals surface area contributed by atoms with Gasteiger partial charge in [0.25, 0.3) is 5.91 Å². The summed E-state index contributed by atoms with van der Waals surface area (Å²) < 4.78 is 31.8. The highest BCUT2D eigenvalue weighted by Crippen LogP contribution is 2.23. The summed E-state index contributed by atoms with van der Waals surface area (Å²) in [5.74, 6) is -1.23. The summed E-state index contributed by atoms with van der Waals surface area (Å²) >= 11 is 0. The monoisotopic (exact) mass is 368 g/mol. The first-order valence-corrected chi connectivity index (χ1v) is 9.90. The fourth-order valence-electron chi connectivity index (χ4n) is 2.72. The number of carbonyl (C=O) groups is 2. The van der Waals surface area contributed by atoms with Gasteiger partial charge in [-0.25, -0.2) is 8.42 Å². The quantitative estimate of drug-likeness (QED) is 0.697. The van der Waals surface area contributed by atoms with E-state index in [1.54, 1.807) is 19.1 Å². The molecule has 0 aromatic heterocycles. The van der Waals surface area contributed by atoms with Crippen LogP contribution in [0.25, 0.3) is 0 Å². The van der Waals surface area contributed by atoms with E-state index in [0.717, 1.165) is 31.2 Å². The third-order valence-corrected chi connectivity index (χ3v) is 5.46. The molecule has 1 aromatic carbocycles. The molecule has 0 unspecified atom stereocenters. The Bertz CT molecular complexity index is 745. The van der Waals surface area contributed by atoms with Crippen LogP contribution in [0.1, 0.15) is 37.8 Å². The molecule has 1 amide bonds. The maximum Gasteiger partial charge on any atom is 0.321 e. The van der Waals surface area contributed by atoms with E-state index in [4.69, 9.17) is 4.74 Å².